The molecule has 6 rings (SSSR count). The zero-order valence-electron chi connectivity index (χ0n) is 22.0. The number of amidine groups is 1. The van der Waals surface area contributed by atoms with Gasteiger partial charge in [-0.15, -0.1) is 0 Å². The van der Waals surface area contributed by atoms with Gasteiger partial charge in [-0.1, -0.05) is 60.7 Å². The number of anilines is 1. The first-order valence-corrected chi connectivity index (χ1v) is 13.6. The molecule has 0 fully saturated rings. The first kappa shape index (κ1) is 24.9. The molecule has 4 aromatic carbocycles. The molecule has 0 saturated heterocycles. The molecule has 2 heterocycles. The SMILES string of the molecule is COc1ccc(C2CC(c3ccc4ccccc4c3)=NN2C2=NC(=O)/C(=C/c3ccc(N(C)C)cc3)S2)cc1. The molecule has 0 saturated carbocycles. The van der Waals surface area contributed by atoms with Gasteiger partial charge in [0.15, 0.2) is 5.17 Å². The maximum Gasteiger partial charge on any atom is 0.286 e. The summed E-state index contributed by atoms with van der Waals surface area (Å²) >= 11 is 1.37. The first-order valence-electron chi connectivity index (χ1n) is 12.8. The molecule has 0 aromatic heterocycles. The summed E-state index contributed by atoms with van der Waals surface area (Å²) in [5.41, 5.74) is 5.19. The number of benzene rings is 4. The molecule has 2 aliphatic heterocycles. The quantitative estimate of drug-likeness (QED) is 0.267. The van der Waals surface area contributed by atoms with E-state index in [2.05, 4.69) is 47.5 Å². The van der Waals surface area contributed by atoms with Gasteiger partial charge in [-0.2, -0.15) is 10.1 Å². The first-order chi connectivity index (χ1) is 19.0. The molecule has 2 aliphatic rings. The molecule has 7 heteroatoms. The van der Waals surface area contributed by atoms with E-state index in [1.807, 2.05) is 78.6 Å². The van der Waals surface area contributed by atoms with Crippen LogP contribution >= 0.6 is 11.8 Å². The molecule has 0 aliphatic carbocycles. The Bertz CT molecular complexity index is 1640. The number of hydrazone groups is 1. The predicted molar refractivity (Wildman–Crippen MR) is 161 cm³/mol. The van der Waals surface area contributed by atoms with Crippen LogP contribution < -0.4 is 9.64 Å². The van der Waals surface area contributed by atoms with E-state index in [4.69, 9.17) is 9.84 Å². The van der Waals surface area contributed by atoms with Crippen molar-refractivity contribution >= 4 is 51.1 Å². The number of rotatable bonds is 5. The zero-order valence-corrected chi connectivity index (χ0v) is 22.9. The Morgan fingerprint density at radius 2 is 1.69 bits per heavy atom. The van der Waals surface area contributed by atoms with Crippen molar-refractivity contribution in [3.8, 4) is 5.75 Å². The van der Waals surface area contributed by atoms with Crippen molar-refractivity contribution in [2.75, 3.05) is 26.1 Å². The van der Waals surface area contributed by atoms with Crippen molar-refractivity contribution in [1.82, 2.24) is 5.01 Å². The number of amides is 1. The van der Waals surface area contributed by atoms with Gasteiger partial charge in [-0.25, -0.2) is 5.01 Å². The number of hydrogen-bond donors (Lipinski definition) is 0. The lowest BCUT2D eigenvalue weighted by molar-refractivity contribution is -0.113. The van der Waals surface area contributed by atoms with Crippen LogP contribution in [0, 0.1) is 0 Å². The van der Waals surface area contributed by atoms with E-state index >= 15 is 0 Å². The summed E-state index contributed by atoms with van der Waals surface area (Å²) in [6, 6.07) is 30.8. The molecule has 0 bridgehead atoms. The van der Waals surface area contributed by atoms with E-state index in [9.17, 15) is 4.79 Å². The summed E-state index contributed by atoms with van der Waals surface area (Å²) in [6.07, 6.45) is 2.60. The number of ether oxygens (including phenoxy) is 1. The lowest BCUT2D eigenvalue weighted by atomic mass is 9.97. The van der Waals surface area contributed by atoms with Gasteiger partial charge in [0.25, 0.3) is 5.91 Å². The highest BCUT2D eigenvalue weighted by atomic mass is 32.2. The number of nitrogens with zero attached hydrogens (tertiary/aromatic N) is 4. The van der Waals surface area contributed by atoms with E-state index in [0.29, 0.717) is 16.5 Å². The monoisotopic (exact) mass is 532 g/mol. The van der Waals surface area contributed by atoms with Crippen LogP contribution in [-0.2, 0) is 4.79 Å². The number of aliphatic imine (C=N–C) groups is 1. The molecule has 0 radical (unpaired) electrons. The summed E-state index contributed by atoms with van der Waals surface area (Å²) in [6.45, 7) is 0. The van der Waals surface area contributed by atoms with Crippen LogP contribution in [0.3, 0.4) is 0 Å². The van der Waals surface area contributed by atoms with E-state index in [1.54, 1.807) is 7.11 Å². The van der Waals surface area contributed by atoms with Crippen molar-refractivity contribution < 1.29 is 9.53 Å². The Balaban J connectivity index is 1.33. The zero-order chi connectivity index (χ0) is 26.9. The summed E-state index contributed by atoms with van der Waals surface area (Å²) < 4.78 is 5.37. The van der Waals surface area contributed by atoms with Crippen molar-refractivity contribution in [3.63, 3.8) is 0 Å². The van der Waals surface area contributed by atoms with Gasteiger partial charge in [0.2, 0.25) is 0 Å². The van der Waals surface area contributed by atoms with Crippen LogP contribution in [0.5, 0.6) is 5.75 Å². The van der Waals surface area contributed by atoms with Crippen LogP contribution in [-0.4, -0.2) is 43.0 Å². The molecule has 0 spiro atoms. The van der Waals surface area contributed by atoms with Crippen LogP contribution in [0.2, 0.25) is 0 Å². The molecule has 39 heavy (non-hydrogen) atoms. The van der Waals surface area contributed by atoms with Crippen molar-refractivity contribution in [1.29, 1.82) is 0 Å². The van der Waals surface area contributed by atoms with Crippen LogP contribution in [0.25, 0.3) is 16.8 Å². The van der Waals surface area contributed by atoms with Gasteiger partial charge in [0.1, 0.15) is 5.75 Å². The highest BCUT2D eigenvalue weighted by molar-refractivity contribution is 8.18. The third-order valence-electron chi connectivity index (χ3n) is 7.01. The maximum absolute atomic E-state index is 13.0. The fourth-order valence-corrected chi connectivity index (χ4v) is 5.75. The average Bonchev–Trinajstić information content (AvgIpc) is 3.57. The van der Waals surface area contributed by atoms with E-state index in [0.717, 1.165) is 33.8 Å². The molecular formula is C32H28N4O2S. The number of fused-ring (bicyclic) bond motifs is 1. The normalized spacial score (nSPS) is 18.0. The fraction of sp³-hybridized carbons (Fsp3) is 0.156. The Kier molecular flexibility index (Phi) is 6.67. The number of hydrogen-bond acceptors (Lipinski definition) is 6. The van der Waals surface area contributed by atoms with Gasteiger partial charge in [0.05, 0.1) is 23.8 Å². The minimum absolute atomic E-state index is 0.0878. The number of carbonyl (C=O) groups excluding carboxylic acids is 1. The molecular weight excluding hydrogens is 504 g/mol. The third-order valence-corrected chi connectivity index (χ3v) is 7.98. The highest BCUT2D eigenvalue weighted by Crippen LogP contribution is 2.40. The van der Waals surface area contributed by atoms with Gasteiger partial charge in [-0.3, -0.25) is 4.79 Å². The number of thioether (sulfide) groups is 1. The third kappa shape index (κ3) is 5.05. The highest BCUT2D eigenvalue weighted by Gasteiger charge is 2.36. The van der Waals surface area contributed by atoms with Crippen LogP contribution in [0.4, 0.5) is 5.69 Å². The Hall–Kier alpha value is -4.36. The number of carbonyl (C=O) groups is 1. The van der Waals surface area contributed by atoms with E-state index in [-0.39, 0.29) is 11.9 Å². The molecule has 0 N–H and O–H groups in total. The lowest BCUT2D eigenvalue weighted by Crippen LogP contribution is -2.23. The number of methoxy groups -OCH3 is 1. The second kappa shape index (κ2) is 10.4. The minimum atomic E-state index is -0.241. The van der Waals surface area contributed by atoms with Crippen molar-refractivity contribution in [2.45, 2.75) is 12.5 Å². The largest absolute Gasteiger partial charge is 0.497 e. The Morgan fingerprint density at radius 3 is 2.41 bits per heavy atom. The summed E-state index contributed by atoms with van der Waals surface area (Å²) in [5.74, 6) is 0.557. The summed E-state index contributed by atoms with van der Waals surface area (Å²) in [5, 5.41) is 9.90. The van der Waals surface area contributed by atoms with Gasteiger partial charge < -0.3 is 9.64 Å². The molecule has 1 amide bonds. The Labute approximate surface area is 232 Å². The summed E-state index contributed by atoms with van der Waals surface area (Å²) in [4.78, 5) is 20.0. The Morgan fingerprint density at radius 1 is 0.949 bits per heavy atom. The molecule has 194 valence electrons. The second-order valence-corrected chi connectivity index (χ2v) is 10.8. The minimum Gasteiger partial charge on any atom is -0.497 e. The lowest BCUT2D eigenvalue weighted by Gasteiger charge is -2.22. The fourth-order valence-electron chi connectivity index (χ4n) is 4.83. The topological polar surface area (TPSA) is 57.5 Å². The van der Waals surface area contributed by atoms with Gasteiger partial charge in [-0.05, 0) is 75.6 Å². The molecule has 6 nitrogen and oxygen atoms in total. The molecule has 4 aromatic rings. The summed E-state index contributed by atoms with van der Waals surface area (Å²) in [7, 11) is 5.67. The smallest absolute Gasteiger partial charge is 0.286 e. The van der Waals surface area contributed by atoms with E-state index < -0.39 is 0 Å². The standard InChI is InChI=1S/C32H28N4O2S/c1-35(2)26-14-8-21(9-15-26)18-30-31(37)33-32(39-30)36-29(23-12-16-27(38-3)17-13-23)20-28(34-36)25-11-10-22-6-4-5-7-24(22)19-25/h4-19,29H,20H2,1-3H3/b30-18-. The second-order valence-electron chi connectivity index (χ2n) is 9.74. The van der Waals surface area contributed by atoms with Crippen molar-refractivity contribution in [3.05, 3.63) is 113 Å². The molecule has 1 unspecified atom stereocenters. The molecule has 1 atom stereocenters. The van der Waals surface area contributed by atoms with Crippen molar-refractivity contribution in [2.24, 2.45) is 10.1 Å². The predicted octanol–water partition coefficient (Wildman–Crippen LogP) is 6.74. The maximum atomic E-state index is 13.0. The van der Waals surface area contributed by atoms with Gasteiger partial charge >= 0.3 is 0 Å². The van der Waals surface area contributed by atoms with Gasteiger partial charge in [0, 0.05) is 26.2 Å². The van der Waals surface area contributed by atoms with E-state index in [1.165, 1.54) is 22.5 Å². The van der Waals surface area contributed by atoms with Crippen LogP contribution in [0.15, 0.2) is 106 Å². The van der Waals surface area contributed by atoms with Crippen LogP contribution in [0.1, 0.15) is 29.2 Å². The average molecular weight is 533 g/mol.